The van der Waals surface area contributed by atoms with Crippen molar-refractivity contribution in [2.75, 3.05) is 6.61 Å². The minimum atomic E-state index is -0.236. The zero-order valence-electron chi connectivity index (χ0n) is 12.0. The van der Waals surface area contributed by atoms with E-state index in [1.54, 1.807) is 24.3 Å². The first-order valence-corrected chi connectivity index (χ1v) is 7.56. The summed E-state index contributed by atoms with van der Waals surface area (Å²) in [6, 6.07) is 16.5. The molecule has 2 aromatic carbocycles. The van der Waals surface area contributed by atoms with Crippen LogP contribution < -0.4 is 10.1 Å². The molecule has 0 saturated heterocycles. The van der Waals surface area contributed by atoms with Crippen molar-refractivity contribution in [3.05, 3.63) is 64.1 Å². The van der Waals surface area contributed by atoms with Crippen molar-refractivity contribution >= 4 is 21.8 Å². The topological polar surface area (TPSA) is 62.1 Å². The second-order valence-electron chi connectivity index (χ2n) is 4.74. The summed E-state index contributed by atoms with van der Waals surface area (Å²) in [6.45, 7) is 1.78. The predicted molar refractivity (Wildman–Crippen MR) is 87.4 cm³/mol. The molecule has 0 fully saturated rings. The number of para-hydroxylation sites is 1. The molecule has 1 atom stereocenters. The van der Waals surface area contributed by atoms with Gasteiger partial charge in [-0.15, -0.1) is 0 Å². The number of nitrogens with zero attached hydrogens (tertiary/aromatic N) is 1. The molecule has 0 aromatic heterocycles. The Labute approximate surface area is 137 Å². The molecule has 1 N–H and O–H groups in total. The number of rotatable bonds is 5. The summed E-state index contributed by atoms with van der Waals surface area (Å²) in [7, 11) is 0. The Bertz CT molecular complexity index is 710. The van der Waals surface area contributed by atoms with E-state index < -0.39 is 0 Å². The minimum absolute atomic E-state index is 0.125. The largest absolute Gasteiger partial charge is 0.482 e. The predicted octanol–water partition coefficient (Wildman–Crippen LogP) is 3.58. The van der Waals surface area contributed by atoms with E-state index in [2.05, 4.69) is 21.2 Å². The van der Waals surface area contributed by atoms with Crippen LogP contribution in [0.1, 0.15) is 24.1 Å². The number of nitriles is 1. The molecule has 2 aromatic rings. The van der Waals surface area contributed by atoms with Crippen LogP contribution in [0.15, 0.2) is 53.0 Å². The van der Waals surface area contributed by atoms with Gasteiger partial charge in [0.15, 0.2) is 6.61 Å². The maximum absolute atomic E-state index is 12.0. The smallest absolute Gasteiger partial charge is 0.258 e. The van der Waals surface area contributed by atoms with Crippen molar-refractivity contribution in [1.82, 2.24) is 5.32 Å². The van der Waals surface area contributed by atoms with Crippen LogP contribution in [0.5, 0.6) is 5.75 Å². The lowest BCUT2D eigenvalue weighted by Gasteiger charge is -2.15. The monoisotopic (exact) mass is 358 g/mol. The lowest BCUT2D eigenvalue weighted by molar-refractivity contribution is -0.123. The van der Waals surface area contributed by atoms with Gasteiger partial charge in [-0.3, -0.25) is 4.79 Å². The Morgan fingerprint density at radius 3 is 2.82 bits per heavy atom. The fourth-order valence-corrected chi connectivity index (χ4v) is 2.39. The van der Waals surface area contributed by atoms with Crippen LogP contribution >= 0.6 is 15.9 Å². The van der Waals surface area contributed by atoms with E-state index in [0.29, 0.717) is 11.3 Å². The van der Waals surface area contributed by atoms with E-state index in [1.165, 1.54) is 0 Å². The van der Waals surface area contributed by atoms with Crippen molar-refractivity contribution < 1.29 is 9.53 Å². The van der Waals surface area contributed by atoms with Gasteiger partial charge in [0.05, 0.1) is 11.6 Å². The highest BCUT2D eigenvalue weighted by atomic mass is 79.9. The van der Waals surface area contributed by atoms with E-state index in [0.717, 1.165) is 10.0 Å². The number of nitrogens with one attached hydrogen (secondary N) is 1. The molecule has 112 valence electrons. The number of benzene rings is 2. The van der Waals surface area contributed by atoms with Crippen molar-refractivity contribution in [2.24, 2.45) is 0 Å². The van der Waals surface area contributed by atoms with Gasteiger partial charge in [0, 0.05) is 4.47 Å². The Balaban J connectivity index is 1.92. The molecular weight excluding hydrogens is 344 g/mol. The molecule has 0 spiro atoms. The van der Waals surface area contributed by atoms with Crippen LogP contribution in [-0.2, 0) is 4.79 Å². The van der Waals surface area contributed by atoms with Crippen molar-refractivity contribution in [3.8, 4) is 11.8 Å². The van der Waals surface area contributed by atoms with Crippen LogP contribution in [-0.4, -0.2) is 12.5 Å². The Morgan fingerprint density at radius 2 is 2.09 bits per heavy atom. The second kappa shape index (κ2) is 7.62. The molecule has 1 amide bonds. The molecule has 0 heterocycles. The average Bonchev–Trinajstić information content (AvgIpc) is 2.53. The van der Waals surface area contributed by atoms with Crippen LogP contribution in [0.25, 0.3) is 0 Å². The second-order valence-corrected chi connectivity index (χ2v) is 5.66. The quantitative estimate of drug-likeness (QED) is 0.888. The zero-order valence-corrected chi connectivity index (χ0v) is 13.6. The molecule has 2 rings (SSSR count). The normalized spacial score (nSPS) is 11.3. The van der Waals surface area contributed by atoms with E-state index >= 15 is 0 Å². The highest BCUT2D eigenvalue weighted by Gasteiger charge is 2.11. The number of carbonyl (C=O) groups excluding carboxylic acids is 1. The van der Waals surface area contributed by atoms with Gasteiger partial charge in [0.25, 0.3) is 5.91 Å². The van der Waals surface area contributed by atoms with Gasteiger partial charge in [-0.1, -0.05) is 40.2 Å². The van der Waals surface area contributed by atoms with Gasteiger partial charge in [-0.25, -0.2) is 0 Å². The summed E-state index contributed by atoms with van der Waals surface area (Å²) in [5.74, 6) is 0.176. The zero-order chi connectivity index (χ0) is 15.9. The third-order valence-electron chi connectivity index (χ3n) is 3.09. The first-order valence-electron chi connectivity index (χ1n) is 6.77. The van der Waals surface area contributed by atoms with Gasteiger partial charge < -0.3 is 10.1 Å². The summed E-state index contributed by atoms with van der Waals surface area (Å²) in [5, 5.41) is 11.8. The fourth-order valence-electron chi connectivity index (χ4n) is 1.97. The first kappa shape index (κ1) is 16.1. The fraction of sp³-hybridized carbons (Fsp3) is 0.176. The molecule has 0 aliphatic rings. The summed E-state index contributed by atoms with van der Waals surface area (Å²) in [6.07, 6.45) is 0. The van der Waals surface area contributed by atoms with E-state index in [9.17, 15) is 4.79 Å². The van der Waals surface area contributed by atoms with Gasteiger partial charge >= 0.3 is 0 Å². The van der Waals surface area contributed by atoms with Crippen LogP contribution in [0.3, 0.4) is 0 Å². The third-order valence-corrected chi connectivity index (χ3v) is 3.59. The number of carbonyl (C=O) groups is 1. The van der Waals surface area contributed by atoms with Gasteiger partial charge in [0.1, 0.15) is 11.8 Å². The summed E-state index contributed by atoms with van der Waals surface area (Å²) in [4.78, 5) is 12.0. The Morgan fingerprint density at radius 1 is 1.32 bits per heavy atom. The molecular formula is C17H15BrN2O2. The number of hydrogen-bond acceptors (Lipinski definition) is 3. The molecule has 0 aliphatic carbocycles. The van der Waals surface area contributed by atoms with Crippen LogP contribution in [0.4, 0.5) is 0 Å². The minimum Gasteiger partial charge on any atom is -0.482 e. The molecule has 0 radical (unpaired) electrons. The van der Waals surface area contributed by atoms with Gasteiger partial charge in [-0.2, -0.15) is 5.26 Å². The molecule has 22 heavy (non-hydrogen) atoms. The molecule has 5 heteroatoms. The van der Waals surface area contributed by atoms with E-state index in [4.69, 9.17) is 10.00 Å². The van der Waals surface area contributed by atoms with Crippen molar-refractivity contribution in [3.63, 3.8) is 0 Å². The number of halogens is 1. The SMILES string of the molecule is CC(NC(=O)COc1ccccc1C#N)c1cccc(Br)c1. The molecule has 0 aliphatic heterocycles. The standard InChI is InChI=1S/C17H15BrN2O2/c1-12(13-6-4-7-15(18)9-13)20-17(21)11-22-16-8-3-2-5-14(16)10-19/h2-9,12H,11H2,1H3,(H,20,21). The van der Waals surface area contributed by atoms with E-state index in [1.807, 2.05) is 37.3 Å². The highest BCUT2D eigenvalue weighted by molar-refractivity contribution is 9.10. The van der Waals surface area contributed by atoms with Crippen LogP contribution in [0.2, 0.25) is 0 Å². The summed E-state index contributed by atoms with van der Waals surface area (Å²) < 4.78 is 6.37. The maximum atomic E-state index is 12.0. The van der Waals surface area contributed by atoms with E-state index in [-0.39, 0.29) is 18.6 Å². The summed E-state index contributed by atoms with van der Waals surface area (Å²) >= 11 is 3.41. The van der Waals surface area contributed by atoms with Gasteiger partial charge in [0.2, 0.25) is 0 Å². The maximum Gasteiger partial charge on any atom is 0.258 e. The number of amides is 1. The molecule has 0 bridgehead atoms. The lowest BCUT2D eigenvalue weighted by Crippen LogP contribution is -2.31. The van der Waals surface area contributed by atoms with Gasteiger partial charge in [-0.05, 0) is 36.8 Å². The first-order chi connectivity index (χ1) is 10.6. The number of ether oxygens (including phenoxy) is 1. The number of hydrogen-bond donors (Lipinski definition) is 1. The third kappa shape index (κ3) is 4.34. The molecule has 1 unspecified atom stereocenters. The van der Waals surface area contributed by atoms with Crippen molar-refractivity contribution in [1.29, 1.82) is 5.26 Å². The Hall–Kier alpha value is -2.32. The Kier molecular flexibility index (Phi) is 5.56. The van der Waals surface area contributed by atoms with Crippen LogP contribution in [0, 0.1) is 11.3 Å². The molecule has 0 saturated carbocycles. The van der Waals surface area contributed by atoms with Crippen molar-refractivity contribution in [2.45, 2.75) is 13.0 Å². The summed E-state index contributed by atoms with van der Waals surface area (Å²) in [5.41, 5.74) is 1.41. The lowest BCUT2D eigenvalue weighted by atomic mass is 10.1. The molecule has 4 nitrogen and oxygen atoms in total. The highest BCUT2D eigenvalue weighted by Crippen LogP contribution is 2.18. The average molecular weight is 359 g/mol.